The van der Waals surface area contributed by atoms with E-state index in [9.17, 15) is 5.26 Å². The van der Waals surface area contributed by atoms with Crippen LogP contribution < -0.4 is 0 Å². The molecule has 0 radical (unpaired) electrons. The lowest BCUT2D eigenvalue weighted by molar-refractivity contribution is 0.867. The zero-order chi connectivity index (χ0) is 17.1. The molecule has 0 saturated heterocycles. The third kappa shape index (κ3) is 3.03. The first-order valence-electron chi connectivity index (χ1n) is 8.21. The SMILES string of the molecule is CC(C)c1ccc(-c2c(C#N)c(SCC#N)nc3c2CCC3)cc1. The maximum absolute atomic E-state index is 9.75. The lowest BCUT2D eigenvalue weighted by atomic mass is 9.93. The minimum Gasteiger partial charge on any atom is -0.245 e. The van der Waals surface area contributed by atoms with Crippen LogP contribution in [0, 0.1) is 22.7 Å². The molecule has 0 spiro atoms. The maximum Gasteiger partial charge on any atom is 0.116 e. The van der Waals surface area contributed by atoms with Crippen LogP contribution in [0.4, 0.5) is 0 Å². The highest BCUT2D eigenvalue weighted by Gasteiger charge is 2.24. The summed E-state index contributed by atoms with van der Waals surface area (Å²) in [6.07, 6.45) is 3.01. The first-order chi connectivity index (χ1) is 11.7. The summed E-state index contributed by atoms with van der Waals surface area (Å²) in [6.45, 7) is 4.35. The van der Waals surface area contributed by atoms with Gasteiger partial charge in [-0.2, -0.15) is 10.5 Å². The number of benzene rings is 1. The van der Waals surface area contributed by atoms with Crippen LogP contribution in [0.5, 0.6) is 0 Å². The van der Waals surface area contributed by atoms with Crippen molar-refractivity contribution in [2.24, 2.45) is 0 Å². The van der Waals surface area contributed by atoms with Gasteiger partial charge in [-0.15, -0.1) is 0 Å². The molecule has 24 heavy (non-hydrogen) atoms. The molecule has 0 bridgehead atoms. The quantitative estimate of drug-likeness (QED) is 0.751. The molecule has 1 heterocycles. The fourth-order valence-electron chi connectivity index (χ4n) is 3.22. The first-order valence-corrected chi connectivity index (χ1v) is 9.20. The second-order valence-electron chi connectivity index (χ2n) is 6.28. The largest absolute Gasteiger partial charge is 0.245 e. The van der Waals surface area contributed by atoms with E-state index in [4.69, 9.17) is 5.26 Å². The van der Waals surface area contributed by atoms with Crippen molar-refractivity contribution in [3.8, 4) is 23.3 Å². The molecule has 0 N–H and O–H groups in total. The second-order valence-corrected chi connectivity index (χ2v) is 7.25. The fourth-order valence-corrected chi connectivity index (χ4v) is 3.89. The van der Waals surface area contributed by atoms with Gasteiger partial charge in [0.25, 0.3) is 0 Å². The Hall–Kier alpha value is -2.30. The number of nitriles is 2. The van der Waals surface area contributed by atoms with E-state index in [1.165, 1.54) is 22.9 Å². The van der Waals surface area contributed by atoms with Crippen LogP contribution in [0.2, 0.25) is 0 Å². The maximum atomic E-state index is 9.75. The smallest absolute Gasteiger partial charge is 0.116 e. The van der Waals surface area contributed by atoms with Gasteiger partial charge in [-0.05, 0) is 41.9 Å². The number of nitrogens with zero attached hydrogens (tertiary/aromatic N) is 3. The van der Waals surface area contributed by atoms with Crippen LogP contribution in [0.15, 0.2) is 29.3 Å². The lowest BCUT2D eigenvalue weighted by Gasteiger charge is -2.15. The second kappa shape index (κ2) is 7.07. The summed E-state index contributed by atoms with van der Waals surface area (Å²) in [7, 11) is 0. The average Bonchev–Trinajstić information content (AvgIpc) is 3.06. The van der Waals surface area contributed by atoms with Crippen LogP contribution in [-0.2, 0) is 12.8 Å². The molecule has 1 aliphatic carbocycles. The van der Waals surface area contributed by atoms with E-state index in [-0.39, 0.29) is 0 Å². The Morgan fingerprint density at radius 3 is 2.54 bits per heavy atom. The lowest BCUT2D eigenvalue weighted by Crippen LogP contribution is -2.01. The fraction of sp³-hybridized carbons (Fsp3) is 0.350. The van der Waals surface area contributed by atoms with Crippen molar-refractivity contribution in [1.82, 2.24) is 4.98 Å². The standard InChI is InChI=1S/C20H19N3S/c1-13(2)14-6-8-15(9-7-14)19-16-4-3-5-18(16)23-20(17(19)12-22)24-11-10-21/h6-9,13H,3-5,11H2,1-2H3. The molecular formula is C20H19N3S. The third-order valence-corrected chi connectivity index (χ3v) is 5.28. The summed E-state index contributed by atoms with van der Waals surface area (Å²) >= 11 is 1.36. The molecule has 3 nitrogen and oxygen atoms in total. The molecule has 0 amide bonds. The van der Waals surface area contributed by atoms with Crippen LogP contribution in [0.3, 0.4) is 0 Å². The van der Waals surface area contributed by atoms with E-state index in [1.54, 1.807) is 0 Å². The monoisotopic (exact) mass is 333 g/mol. The Morgan fingerprint density at radius 1 is 1.17 bits per heavy atom. The normalized spacial score (nSPS) is 12.7. The number of aryl methyl sites for hydroxylation is 1. The number of fused-ring (bicyclic) bond motifs is 1. The van der Waals surface area contributed by atoms with Gasteiger partial charge in [0.2, 0.25) is 0 Å². The molecule has 0 saturated carbocycles. The Labute approximate surface area is 147 Å². The van der Waals surface area contributed by atoms with E-state index in [0.717, 1.165) is 36.1 Å². The summed E-state index contributed by atoms with van der Waals surface area (Å²) in [4.78, 5) is 4.68. The summed E-state index contributed by atoms with van der Waals surface area (Å²) in [5.41, 5.74) is 6.32. The van der Waals surface area contributed by atoms with Gasteiger partial charge in [0.05, 0.1) is 17.4 Å². The number of aromatic nitrogens is 1. The molecule has 4 heteroatoms. The Kier molecular flexibility index (Phi) is 4.88. The average molecular weight is 333 g/mol. The van der Waals surface area contributed by atoms with Crippen molar-refractivity contribution in [2.75, 3.05) is 5.75 Å². The van der Waals surface area contributed by atoms with Crippen molar-refractivity contribution in [1.29, 1.82) is 10.5 Å². The molecule has 0 aliphatic heterocycles. The minimum atomic E-state index is 0.312. The zero-order valence-corrected chi connectivity index (χ0v) is 14.8. The molecular weight excluding hydrogens is 314 g/mol. The molecule has 1 aromatic heterocycles. The van der Waals surface area contributed by atoms with Gasteiger partial charge in [0, 0.05) is 11.3 Å². The van der Waals surface area contributed by atoms with Gasteiger partial charge in [-0.3, -0.25) is 0 Å². The highest BCUT2D eigenvalue weighted by molar-refractivity contribution is 7.99. The Bertz CT molecular complexity index is 839. The number of thioether (sulfide) groups is 1. The van der Waals surface area contributed by atoms with Crippen molar-refractivity contribution in [2.45, 2.75) is 44.1 Å². The molecule has 1 aliphatic rings. The number of hydrogen-bond donors (Lipinski definition) is 0. The molecule has 120 valence electrons. The minimum absolute atomic E-state index is 0.312. The van der Waals surface area contributed by atoms with E-state index in [1.807, 2.05) is 0 Å². The van der Waals surface area contributed by atoms with E-state index >= 15 is 0 Å². The molecule has 0 unspecified atom stereocenters. The summed E-state index contributed by atoms with van der Waals surface area (Å²) < 4.78 is 0. The number of pyridine rings is 1. The third-order valence-electron chi connectivity index (χ3n) is 4.44. The zero-order valence-electron chi connectivity index (χ0n) is 14.0. The van der Waals surface area contributed by atoms with Gasteiger partial charge < -0.3 is 0 Å². The van der Waals surface area contributed by atoms with Gasteiger partial charge in [-0.25, -0.2) is 4.98 Å². The van der Waals surface area contributed by atoms with E-state index in [2.05, 4.69) is 55.2 Å². The molecule has 0 atom stereocenters. The predicted octanol–water partition coefficient (Wildman–Crippen LogP) is 4.85. The van der Waals surface area contributed by atoms with Crippen molar-refractivity contribution >= 4 is 11.8 Å². The summed E-state index contributed by atoms with van der Waals surface area (Å²) in [5, 5.41) is 19.3. The van der Waals surface area contributed by atoms with Crippen LogP contribution >= 0.6 is 11.8 Å². The van der Waals surface area contributed by atoms with Crippen LogP contribution in [0.1, 0.15) is 48.6 Å². The summed E-state index contributed by atoms with van der Waals surface area (Å²) in [5.74, 6) is 0.797. The number of rotatable bonds is 4. The van der Waals surface area contributed by atoms with Gasteiger partial charge in [-0.1, -0.05) is 49.9 Å². The predicted molar refractivity (Wildman–Crippen MR) is 96.8 cm³/mol. The highest BCUT2D eigenvalue weighted by atomic mass is 32.2. The van der Waals surface area contributed by atoms with Crippen LogP contribution in [-0.4, -0.2) is 10.7 Å². The van der Waals surface area contributed by atoms with Gasteiger partial charge >= 0.3 is 0 Å². The van der Waals surface area contributed by atoms with Gasteiger partial charge in [0.1, 0.15) is 11.1 Å². The first kappa shape index (κ1) is 16.6. The molecule has 0 fully saturated rings. The van der Waals surface area contributed by atoms with Crippen molar-refractivity contribution < 1.29 is 0 Å². The molecule has 3 rings (SSSR count). The van der Waals surface area contributed by atoms with Gasteiger partial charge in [0.15, 0.2) is 0 Å². The molecule has 2 aromatic rings. The summed E-state index contributed by atoms with van der Waals surface area (Å²) in [6, 6.07) is 13.0. The Balaban J connectivity index is 2.17. The number of hydrogen-bond acceptors (Lipinski definition) is 4. The van der Waals surface area contributed by atoms with Crippen molar-refractivity contribution in [3.63, 3.8) is 0 Å². The topological polar surface area (TPSA) is 60.5 Å². The Morgan fingerprint density at radius 2 is 1.92 bits per heavy atom. The van der Waals surface area contributed by atoms with Crippen LogP contribution in [0.25, 0.3) is 11.1 Å². The van der Waals surface area contributed by atoms with Crippen molar-refractivity contribution in [3.05, 3.63) is 46.6 Å². The van der Waals surface area contributed by atoms with E-state index < -0.39 is 0 Å². The highest BCUT2D eigenvalue weighted by Crippen LogP contribution is 2.38. The molecule has 1 aromatic carbocycles. The van der Waals surface area contributed by atoms with E-state index in [0.29, 0.717) is 22.3 Å².